The minimum Gasteiger partial charge on any atom is -0.550 e. The van der Waals surface area contributed by atoms with Crippen LogP contribution in [0.5, 0.6) is 11.5 Å². The molecule has 0 N–H and O–H groups in total. The van der Waals surface area contributed by atoms with E-state index in [-0.39, 0.29) is 0 Å². The molecule has 0 saturated carbocycles. The molecule has 0 heterocycles. The molecule has 0 aromatic heterocycles. The first-order valence-electron chi connectivity index (χ1n) is 4.33. The molecule has 1 aromatic carbocycles. The lowest BCUT2D eigenvalue weighted by atomic mass is 10.0. The van der Waals surface area contributed by atoms with E-state index in [2.05, 4.69) is 0 Å². The van der Waals surface area contributed by atoms with Crippen molar-refractivity contribution in [3.8, 4) is 11.5 Å². The number of aldehydes is 1. The molecule has 0 atom stereocenters. The van der Waals surface area contributed by atoms with Gasteiger partial charge in [0.15, 0.2) is 12.0 Å². The van der Waals surface area contributed by atoms with Crippen LogP contribution in [-0.4, -0.2) is 23.9 Å². The number of hydrogen-bond donors (Lipinski definition) is 0. The summed E-state index contributed by atoms with van der Waals surface area (Å²) in [5.41, 5.74) is 2.61. The lowest BCUT2D eigenvalue weighted by molar-refractivity contribution is 0.112. The van der Waals surface area contributed by atoms with Crippen molar-refractivity contribution in [3.63, 3.8) is 0 Å². The number of aryl methyl sites for hydroxylation is 1. The van der Waals surface area contributed by atoms with Gasteiger partial charge >= 0.3 is 0 Å². The summed E-state index contributed by atoms with van der Waals surface area (Å²) in [5, 5.41) is 0. The summed E-state index contributed by atoms with van der Waals surface area (Å²) in [4.78, 5) is 10.8. The Balaban J connectivity index is 3.49. The van der Waals surface area contributed by atoms with Crippen LogP contribution in [0.1, 0.15) is 21.5 Å². The molecule has 0 radical (unpaired) electrons. The van der Waals surface area contributed by atoms with Crippen molar-refractivity contribution in [1.82, 2.24) is 0 Å². The van der Waals surface area contributed by atoms with Crippen LogP contribution in [0, 0.1) is 13.8 Å². The zero-order valence-corrected chi connectivity index (χ0v) is 10.9. The maximum absolute atomic E-state index is 10.8. The number of hydrogen-bond acceptors (Lipinski definition) is 3. The predicted molar refractivity (Wildman–Crippen MR) is 58.4 cm³/mol. The fourth-order valence-electron chi connectivity index (χ4n) is 1.43. The molecule has 0 unspecified atom stereocenters. The second-order valence-corrected chi connectivity index (χ2v) is 3.50. The van der Waals surface area contributed by atoms with Crippen LogP contribution in [0.2, 0.25) is 0 Å². The number of carbonyl (C=O) groups excluding carboxylic acids is 1. The van der Waals surface area contributed by atoms with Crippen molar-refractivity contribution in [2.45, 2.75) is 13.8 Å². The van der Waals surface area contributed by atoms with Gasteiger partial charge in [-0.05, 0) is 31.0 Å². The first-order valence-corrected chi connectivity index (χ1v) is 5.14. The highest BCUT2D eigenvalue weighted by molar-refractivity contribution is 6.01. The second-order valence-electron chi connectivity index (χ2n) is 3.09. The minimum atomic E-state index is 0.540. The van der Waals surface area contributed by atoms with Crippen LogP contribution < -0.4 is 9.16 Å². The maximum Gasteiger partial charge on any atom is 0.204 e. The summed E-state index contributed by atoms with van der Waals surface area (Å²) < 4.78 is 10.5. The van der Waals surface area contributed by atoms with Gasteiger partial charge in [-0.3, -0.25) is 4.79 Å². The first kappa shape index (κ1) is 10.8. The highest BCUT2D eigenvalue weighted by atomic mass is 28.2. The second kappa shape index (κ2) is 4.28. The van der Waals surface area contributed by atoms with Gasteiger partial charge in [0.25, 0.3) is 0 Å². The quantitative estimate of drug-likeness (QED) is 0.546. The van der Waals surface area contributed by atoms with Gasteiger partial charge in [0.2, 0.25) is 10.5 Å². The van der Waals surface area contributed by atoms with Gasteiger partial charge in [-0.15, -0.1) is 0 Å². The van der Waals surface area contributed by atoms with E-state index in [9.17, 15) is 4.79 Å². The maximum atomic E-state index is 10.8. The van der Waals surface area contributed by atoms with Crippen LogP contribution in [0.3, 0.4) is 0 Å². The Morgan fingerprint density at radius 3 is 2.43 bits per heavy atom. The summed E-state index contributed by atoms with van der Waals surface area (Å²) in [6.07, 6.45) is 0.787. The summed E-state index contributed by atoms with van der Waals surface area (Å²) >= 11 is 0. The molecule has 0 amide bonds. The topological polar surface area (TPSA) is 35.5 Å². The Labute approximate surface area is 86.6 Å². The Bertz CT molecular complexity index is 361. The fraction of sp³-hybridized carbons (Fsp3) is 0.300. The van der Waals surface area contributed by atoms with Gasteiger partial charge in [0.05, 0.1) is 12.7 Å². The highest BCUT2D eigenvalue weighted by Crippen LogP contribution is 2.35. The normalized spacial score (nSPS) is 9.93. The molecule has 0 aliphatic carbocycles. The van der Waals surface area contributed by atoms with Gasteiger partial charge in [-0.1, -0.05) is 0 Å². The van der Waals surface area contributed by atoms with Crippen LogP contribution in [-0.2, 0) is 0 Å². The molecular weight excluding hydrogens is 196 g/mol. The Morgan fingerprint density at radius 1 is 1.36 bits per heavy atom. The molecule has 0 bridgehead atoms. The standard InChI is InChI=1S/C10H14O3Si/c1-6-4-8(5-11)10(12-3)9(13-14)7(6)2/h4-5H,1-3,14H3. The zero-order chi connectivity index (χ0) is 10.7. The van der Waals surface area contributed by atoms with E-state index in [0.717, 1.165) is 17.4 Å². The molecule has 4 heteroatoms. The lowest BCUT2D eigenvalue weighted by Crippen LogP contribution is -2.00. The van der Waals surface area contributed by atoms with Crippen molar-refractivity contribution in [2.24, 2.45) is 0 Å². The summed E-state index contributed by atoms with van der Waals surface area (Å²) in [5.74, 6) is 1.24. The molecule has 0 aliphatic rings. The fourth-order valence-corrected chi connectivity index (χ4v) is 1.92. The van der Waals surface area contributed by atoms with Crippen molar-refractivity contribution >= 4 is 16.8 Å². The van der Waals surface area contributed by atoms with Crippen molar-refractivity contribution in [2.75, 3.05) is 7.11 Å². The van der Waals surface area contributed by atoms with Crippen molar-refractivity contribution in [1.29, 1.82) is 0 Å². The molecule has 0 fully saturated rings. The third-order valence-electron chi connectivity index (χ3n) is 2.31. The summed E-state index contributed by atoms with van der Waals surface area (Å²) in [7, 11) is 2.12. The number of benzene rings is 1. The number of rotatable bonds is 3. The minimum absolute atomic E-state index is 0.540. The average molecular weight is 210 g/mol. The molecule has 76 valence electrons. The Hall–Kier alpha value is -1.29. The van der Waals surface area contributed by atoms with E-state index >= 15 is 0 Å². The van der Waals surface area contributed by atoms with Gasteiger partial charge in [0, 0.05) is 0 Å². The largest absolute Gasteiger partial charge is 0.550 e. The first-order chi connectivity index (χ1) is 6.65. The Morgan fingerprint density at radius 2 is 2.00 bits per heavy atom. The van der Waals surface area contributed by atoms with E-state index in [0.29, 0.717) is 27.5 Å². The van der Waals surface area contributed by atoms with Gasteiger partial charge in [-0.2, -0.15) is 0 Å². The van der Waals surface area contributed by atoms with Crippen LogP contribution in [0.15, 0.2) is 6.07 Å². The van der Waals surface area contributed by atoms with Crippen LogP contribution >= 0.6 is 0 Å². The summed E-state index contributed by atoms with van der Waals surface area (Å²) in [6, 6.07) is 1.81. The third kappa shape index (κ3) is 1.65. The lowest BCUT2D eigenvalue weighted by Gasteiger charge is -2.14. The van der Waals surface area contributed by atoms with Crippen LogP contribution in [0.4, 0.5) is 0 Å². The molecule has 0 saturated heterocycles. The van der Waals surface area contributed by atoms with Gasteiger partial charge < -0.3 is 9.16 Å². The van der Waals surface area contributed by atoms with Gasteiger partial charge in [0.1, 0.15) is 5.75 Å². The molecule has 3 nitrogen and oxygen atoms in total. The van der Waals surface area contributed by atoms with E-state index in [4.69, 9.17) is 9.16 Å². The number of carbonyl (C=O) groups is 1. The van der Waals surface area contributed by atoms with Crippen molar-refractivity contribution < 1.29 is 14.0 Å². The molecule has 1 aromatic rings. The SMILES string of the molecule is COc1c(C=O)cc(C)c(C)c1O[SiH3]. The zero-order valence-electron chi connectivity index (χ0n) is 8.88. The number of ether oxygens (including phenoxy) is 1. The van der Waals surface area contributed by atoms with E-state index in [1.807, 2.05) is 19.9 Å². The Kier molecular flexibility index (Phi) is 3.30. The highest BCUT2D eigenvalue weighted by Gasteiger charge is 2.13. The van der Waals surface area contributed by atoms with Crippen molar-refractivity contribution in [3.05, 3.63) is 22.8 Å². The van der Waals surface area contributed by atoms with E-state index in [1.165, 1.54) is 0 Å². The molecule has 0 aliphatic heterocycles. The van der Waals surface area contributed by atoms with Gasteiger partial charge in [-0.25, -0.2) is 0 Å². The number of methoxy groups -OCH3 is 1. The smallest absolute Gasteiger partial charge is 0.204 e. The molecular formula is C10H14O3Si. The van der Waals surface area contributed by atoms with E-state index in [1.54, 1.807) is 7.11 Å². The monoisotopic (exact) mass is 210 g/mol. The molecule has 14 heavy (non-hydrogen) atoms. The average Bonchev–Trinajstić information content (AvgIpc) is 2.20. The third-order valence-corrected chi connectivity index (χ3v) is 2.72. The molecule has 1 rings (SSSR count). The molecule has 0 spiro atoms. The summed E-state index contributed by atoms with van der Waals surface area (Å²) in [6.45, 7) is 3.91. The van der Waals surface area contributed by atoms with Crippen LogP contribution in [0.25, 0.3) is 0 Å². The predicted octanol–water partition coefficient (Wildman–Crippen LogP) is 0.784. The van der Waals surface area contributed by atoms with E-state index < -0.39 is 0 Å².